The lowest BCUT2D eigenvalue weighted by Crippen LogP contribution is -2.43. The van der Waals surface area contributed by atoms with Gasteiger partial charge in [-0.2, -0.15) is 0 Å². The van der Waals surface area contributed by atoms with E-state index in [1.807, 2.05) is 6.07 Å². The number of carbonyl (C=O) groups excluding carboxylic acids is 2. The van der Waals surface area contributed by atoms with Gasteiger partial charge in [0.2, 0.25) is 0 Å². The molecular weight excluding hydrogens is 450 g/mol. The first kappa shape index (κ1) is 19.2. The van der Waals surface area contributed by atoms with Crippen molar-refractivity contribution >= 4 is 34.5 Å². The summed E-state index contributed by atoms with van der Waals surface area (Å²) in [5, 5.41) is 2.24. The fraction of sp³-hybridized carbons (Fsp3) is 0.176. The van der Waals surface area contributed by atoms with Crippen LogP contribution in [0.25, 0.3) is 0 Å². The highest BCUT2D eigenvalue weighted by Crippen LogP contribution is 2.17. The molecule has 1 amide bonds. The van der Waals surface area contributed by atoms with Crippen LogP contribution in [0.4, 0.5) is 13.2 Å². The molecule has 0 saturated carbocycles. The SMILES string of the molecule is COC(=O)[C@@H](Cc1ccccc1I)NC(=O)c1c(F)cc(F)cc1F. The van der Waals surface area contributed by atoms with E-state index in [9.17, 15) is 22.8 Å². The van der Waals surface area contributed by atoms with Crippen molar-refractivity contribution in [2.75, 3.05) is 7.11 Å². The molecule has 8 heteroatoms. The van der Waals surface area contributed by atoms with Gasteiger partial charge in [-0.3, -0.25) is 4.79 Å². The number of benzene rings is 2. The highest BCUT2D eigenvalue weighted by Gasteiger charge is 2.26. The first-order valence-corrected chi connectivity index (χ1v) is 8.18. The number of hydrogen-bond acceptors (Lipinski definition) is 3. The van der Waals surface area contributed by atoms with Gasteiger partial charge < -0.3 is 10.1 Å². The molecule has 0 unspecified atom stereocenters. The Bertz CT molecular complexity index is 790. The molecule has 0 fully saturated rings. The first-order valence-electron chi connectivity index (χ1n) is 7.10. The quantitative estimate of drug-likeness (QED) is 0.548. The third kappa shape index (κ3) is 4.71. The third-order valence-electron chi connectivity index (χ3n) is 3.41. The normalized spacial score (nSPS) is 11.7. The highest BCUT2D eigenvalue weighted by atomic mass is 127. The minimum absolute atomic E-state index is 0.0714. The van der Waals surface area contributed by atoms with Crippen LogP contribution >= 0.6 is 22.6 Å². The van der Waals surface area contributed by atoms with Crippen LogP contribution in [0.5, 0.6) is 0 Å². The summed E-state index contributed by atoms with van der Waals surface area (Å²) >= 11 is 2.06. The number of rotatable bonds is 5. The average Bonchev–Trinajstić information content (AvgIpc) is 2.54. The molecule has 0 bridgehead atoms. The van der Waals surface area contributed by atoms with Gasteiger partial charge in [0.15, 0.2) is 0 Å². The van der Waals surface area contributed by atoms with Crippen LogP contribution in [0.2, 0.25) is 0 Å². The molecule has 1 N–H and O–H groups in total. The van der Waals surface area contributed by atoms with E-state index in [-0.39, 0.29) is 6.42 Å². The minimum Gasteiger partial charge on any atom is -0.467 e. The van der Waals surface area contributed by atoms with E-state index in [0.29, 0.717) is 12.1 Å². The van der Waals surface area contributed by atoms with Crippen LogP contribution in [-0.2, 0) is 16.0 Å². The summed E-state index contributed by atoms with van der Waals surface area (Å²) in [6.45, 7) is 0. The smallest absolute Gasteiger partial charge is 0.328 e. The number of hydrogen-bond donors (Lipinski definition) is 1. The first-order chi connectivity index (χ1) is 11.8. The standard InChI is InChI=1S/C17H13F3INO3/c1-25-17(24)14(6-9-4-2-3-5-13(9)21)22-16(23)15-11(19)7-10(18)8-12(15)20/h2-5,7-8,14H,6H2,1H3,(H,22,23)/t14-/m1/s1. The van der Waals surface area contributed by atoms with Gasteiger partial charge >= 0.3 is 5.97 Å². The Labute approximate surface area is 155 Å². The topological polar surface area (TPSA) is 55.4 Å². The molecule has 2 rings (SSSR count). The summed E-state index contributed by atoms with van der Waals surface area (Å²) in [6.07, 6.45) is 0.0714. The number of methoxy groups -OCH3 is 1. The maximum Gasteiger partial charge on any atom is 0.328 e. The van der Waals surface area contributed by atoms with E-state index in [0.717, 1.165) is 16.2 Å². The summed E-state index contributed by atoms with van der Waals surface area (Å²) in [5.41, 5.74) is -0.211. The van der Waals surface area contributed by atoms with Crippen molar-refractivity contribution < 1.29 is 27.5 Å². The van der Waals surface area contributed by atoms with Gasteiger partial charge in [-0.15, -0.1) is 0 Å². The predicted molar refractivity (Wildman–Crippen MR) is 92.4 cm³/mol. The monoisotopic (exact) mass is 463 g/mol. The van der Waals surface area contributed by atoms with E-state index in [4.69, 9.17) is 0 Å². The van der Waals surface area contributed by atoms with Crippen LogP contribution in [0.1, 0.15) is 15.9 Å². The van der Waals surface area contributed by atoms with Crippen LogP contribution in [0, 0.1) is 21.0 Å². The molecule has 0 aromatic heterocycles. The van der Waals surface area contributed by atoms with Crippen LogP contribution in [0.3, 0.4) is 0 Å². The van der Waals surface area contributed by atoms with Crippen molar-refractivity contribution in [1.82, 2.24) is 5.32 Å². The van der Waals surface area contributed by atoms with E-state index < -0.39 is 40.9 Å². The Hall–Kier alpha value is -2.10. The lowest BCUT2D eigenvalue weighted by molar-refractivity contribution is -0.142. The van der Waals surface area contributed by atoms with Crippen LogP contribution < -0.4 is 5.32 Å². The highest BCUT2D eigenvalue weighted by molar-refractivity contribution is 14.1. The molecule has 0 aliphatic carbocycles. The molecule has 0 saturated heterocycles. The molecule has 0 aliphatic heterocycles. The van der Waals surface area contributed by atoms with Gasteiger partial charge in [0, 0.05) is 22.1 Å². The summed E-state index contributed by atoms with van der Waals surface area (Å²) in [4.78, 5) is 24.1. The summed E-state index contributed by atoms with van der Waals surface area (Å²) in [6, 6.07) is 6.76. The van der Waals surface area contributed by atoms with Gasteiger partial charge in [-0.25, -0.2) is 18.0 Å². The van der Waals surface area contributed by atoms with Crippen LogP contribution in [0.15, 0.2) is 36.4 Å². The maximum absolute atomic E-state index is 13.7. The number of amides is 1. The Balaban J connectivity index is 2.27. The van der Waals surface area contributed by atoms with Gasteiger partial charge in [-0.1, -0.05) is 18.2 Å². The van der Waals surface area contributed by atoms with Crippen LogP contribution in [-0.4, -0.2) is 25.0 Å². The molecule has 0 radical (unpaired) electrons. The number of carbonyl (C=O) groups is 2. The van der Waals surface area contributed by atoms with Crippen molar-refractivity contribution in [3.63, 3.8) is 0 Å². The fourth-order valence-electron chi connectivity index (χ4n) is 2.21. The Morgan fingerprint density at radius 3 is 2.32 bits per heavy atom. The van der Waals surface area contributed by atoms with Gasteiger partial charge in [0.1, 0.15) is 29.1 Å². The molecule has 0 heterocycles. The van der Waals surface area contributed by atoms with E-state index in [1.54, 1.807) is 18.2 Å². The van der Waals surface area contributed by atoms with Crippen molar-refractivity contribution in [3.8, 4) is 0 Å². The zero-order valence-electron chi connectivity index (χ0n) is 13.0. The molecule has 1 atom stereocenters. The van der Waals surface area contributed by atoms with Crippen molar-refractivity contribution in [1.29, 1.82) is 0 Å². The lowest BCUT2D eigenvalue weighted by atomic mass is 10.1. The molecule has 2 aromatic rings. The molecular formula is C17H13F3INO3. The summed E-state index contributed by atoms with van der Waals surface area (Å²) in [5.74, 6) is -5.79. The number of ether oxygens (including phenoxy) is 1. The molecule has 132 valence electrons. The molecule has 2 aromatic carbocycles. The molecule has 25 heavy (non-hydrogen) atoms. The predicted octanol–water partition coefficient (Wildman–Crippen LogP) is 3.22. The summed E-state index contributed by atoms with van der Waals surface area (Å²) in [7, 11) is 1.14. The second-order valence-corrected chi connectivity index (χ2v) is 6.25. The van der Waals surface area contributed by atoms with Crippen molar-refractivity contribution in [3.05, 3.63) is 68.5 Å². The van der Waals surface area contributed by atoms with E-state index in [1.165, 1.54) is 0 Å². The largest absolute Gasteiger partial charge is 0.467 e. The zero-order valence-corrected chi connectivity index (χ0v) is 15.1. The number of esters is 1. The van der Waals surface area contributed by atoms with Crippen molar-refractivity contribution in [2.45, 2.75) is 12.5 Å². The average molecular weight is 463 g/mol. The van der Waals surface area contributed by atoms with Gasteiger partial charge in [0.25, 0.3) is 5.91 Å². The van der Waals surface area contributed by atoms with Crippen molar-refractivity contribution in [2.24, 2.45) is 0 Å². The Morgan fingerprint density at radius 2 is 1.76 bits per heavy atom. The van der Waals surface area contributed by atoms with Gasteiger partial charge in [-0.05, 0) is 34.2 Å². The van der Waals surface area contributed by atoms with E-state index >= 15 is 0 Å². The number of nitrogens with one attached hydrogen (secondary N) is 1. The van der Waals surface area contributed by atoms with Gasteiger partial charge in [0.05, 0.1) is 7.11 Å². The summed E-state index contributed by atoms with van der Waals surface area (Å²) < 4.78 is 45.9. The number of halogens is 4. The second-order valence-electron chi connectivity index (χ2n) is 5.09. The molecule has 4 nitrogen and oxygen atoms in total. The molecule has 0 spiro atoms. The Kier molecular flexibility index (Phi) is 6.40. The fourth-order valence-corrected chi connectivity index (χ4v) is 2.82. The molecule has 0 aliphatic rings. The maximum atomic E-state index is 13.7. The minimum atomic E-state index is -1.35. The second kappa shape index (κ2) is 8.32. The Morgan fingerprint density at radius 1 is 1.16 bits per heavy atom. The third-order valence-corrected chi connectivity index (χ3v) is 4.46. The zero-order chi connectivity index (χ0) is 18.6. The van der Waals surface area contributed by atoms with E-state index in [2.05, 4.69) is 32.6 Å². The lowest BCUT2D eigenvalue weighted by Gasteiger charge is -2.18.